The number of hydrogen-bond donors (Lipinski definition) is 2. The first-order valence-corrected chi connectivity index (χ1v) is 25.1. The maximum absolute atomic E-state index is 15.8. The smallest absolute Gasteiger partial charge is 0.420 e. The minimum Gasteiger partial charge on any atom is -0.488 e. The second-order valence-electron chi connectivity index (χ2n) is 19.3. The number of nitriles is 1. The van der Waals surface area contributed by atoms with Crippen molar-refractivity contribution in [2.45, 2.75) is 84.7 Å². The number of rotatable bonds is 20. The second-order valence-corrected chi connectivity index (χ2v) is 20.5. The molecule has 3 aromatic carbocycles. The van der Waals surface area contributed by atoms with E-state index in [1.807, 2.05) is 52.0 Å². The summed E-state index contributed by atoms with van der Waals surface area (Å²) in [5.41, 5.74) is -1.52. The number of pyridine rings is 1. The van der Waals surface area contributed by atoms with Crippen molar-refractivity contribution in [3.63, 3.8) is 0 Å². The van der Waals surface area contributed by atoms with Gasteiger partial charge in [0.15, 0.2) is 28.3 Å². The molecule has 1 fully saturated rings. The maximum Gasteiger partial charge on any atom is 0.420 e. The molecule has 1 saturated heterocycles. The Bertz CT molecular complexity index is 2980. The summed E-state index contributed by atoms with van der Waals surface area (Å²) in [5.74, 6) is -5.04. The van der Waals surface area contributed by atoms with Crippen LogP contribution in [0.3, 0.4) is 0 Å². The lowest BCUT2D eigenvalue weighted by Gasteiger charge is -2.39. The van der Waals surface area contributed by atoms with Crippen molar-refractivity contribution in [3.8, 4) is 33.5 Å². The number of carbonyl (C=O) groups is 4. The standard InChI is InChI=1S/C53H56F6N8O7S2/c1-31-46(76-30-63-31)33-12-10-32(11-13-33)26-62-48(70)40-9-8-18-66(40)49(71)47(51(2,3)4)64-42(69)28-73-20-19-72-21-22-74-41-17-15-34(23-37(41)54)45-38(55)24-36(27-61-45)67(52(5,6)29-68)50(75)65(7)39-16-14-35(25-60)43(44(39)56)53(57,58)59/h10-17,23-24,27,29-30,40,47H,8-9,18-22,26,28H2,1-7H3,(H,62,70)(H,64,69). The number of alkyl halides is 3. The summed E-state index contributed by atoms with van der Waals surface area (Å²) in [4.78, 5) is 65.5. The molecule has 404 valence electrons. The second kappa shape index (κ2) is 24.8. The van der Waals surface area contributed by atoms with Gasteiger partial charge in [0.05, 0.1) is 70.6 Å². The highest BCUT2D eigenvalue weighted by atomic mass is 32.1. The van der Waals surface area contributed by atoms with Crippen LogP contribution in [0.15, 0.2) is 72.4 Å². The molecule has 0 bridgehead atoms. The highest BCUT2D eigenvalue weighted by Crippen LogP contribution is 2.39. The van der Waals surface area contributed by atoms with Gasteiger partial charge in [0, 0.05) is 31.8 Å². The molecular weight excluding hydrogens is 1040 g/mol. The van der Waals surface area contributed by atoms with E-state index in [0.717, 1.165) is 69.0 Å². The van der Waals surface area contributed by atoms with Gasteiger partial charge in [-0.05, 0) is 92.7 Å². The molecule has 6 rings (SSSR count). The number of aromatic nitrogens is 2. The SMILES string of the molecule is Cc1ncsc1-c1ccc(CNC(=O)C2CCCN2C(=O)C(NC(=O)COCCOCCOc2ccc(-c3ncc(N(C(=S)N(C)c4ccc(C#N)c(C(F)(F)F)c4F)C(C)(C)C=O)cc3F)cc2F)C(C)(C)C)cc1. The number of aryl methyl sites for hydroxylation is 1. The summed E-state index contributed by atoms with van der Waals surface area (Å²) >= 11 is 7.07. The first kappa shape index (κ1) is 58.3. The number of aldehydes is 1. The highest BCUT2D eigenvalue weighted by molar-refractivity contribution is 7.80. The number of nitrogens with one attached hydrogen (secondary N) is 2. The van der Waals surface area contributed by atoms with E-state index in [-0.39, 0.29) is 74.1 Å². The Kier molecular flexibility index (Phi) is 19.0. The van der Waals surface area contributed by atoms with E-state index in [0.29, 0.717) is 25.7 Å². The number of carbonyl (C=O) groups excluding carboxylic acids is 4. The minimum atomic E-state index is -5.23. The maximum atomic E-state index is 15.8. The van der Waals surface area contributed by atoms with Gasteiger partial charge in [-0.3, -0.25) is 19.4 Å². The molecule has 0 saturated carbocycles. The summed E-state index contributed by atoms with van der Waals surface area (Å²) in [6.45, 7) is 10.3. The van der Waals surface area contributed by atoms with E-state index < -0.39 is 74.5 Å². The molecule has 1 aliphatic rings. The van der Waals surface area contributed by atoms with Crippen LogP contribution in [0.4, 0.5) is 37.7 Å². The molecule has 23 heteroatoms. The Balaban J connectivity index is 0.954. The molecule has 5 aromatic rings. The van der Waals surface area contributed by atoms with Crippen LogP contribution in [0, 0.1) is 41.1 Å². The Morgan fingerprint density at radius 3 is 2.25 bits per heavy atom. The average molecular weight is 1100 g/mol. The fraction of sp³-hybridized carbons (Fsp3) is 0.396. The molecule has 3 amide bonds. The lowest BCUT2D eigenvalue weighted by Crippen LogP contribution is -2.58. The number of thiazole rings is 1. The summed E-state index contributed by atoms with van der Waals surface area (Å²) in [6.07, 6.45) is -2.58. The molecule has 15 nitrogen and oxygen atoms in total. The fourth-order valence-corrected chi connectivity index (χ4v) is 9.54. The fourth-order valence-electron chi connectivity index (χ4n) is 8.29. The van der Waals surface area contributed by atoms with Gasteiger partial charge in [0.2, 0.25) is 17.7 Å². The van der Waals surface area contributed by atoms with E-state index >= 15 is 13.2 Å². The van der Waals surface area contributed by atoms with Crippen molar-refractivity contribution >= 4 is 64.0 Å². The van der Waals surface area contributed by atoms with Crippen LogP contribution in [-0.4, -0.2) is 108 Å². The summed E-state index contributed by atoms with van der Waals surface area (Å²) in [5, 5.41) is 14.5. The molecule has 2 atom stereocenters. The monoisotopic (exact) mass is 1090 g/mol. The van der Waals surface area contributed by atoms with Crippen LogP contribution in [0.1, 0.15) is 69.8 Å². The molecule has 2 aromatic heterocycles. The first-order valence-electron chi connectivity index (χ1n) is 23.8. The first-order chi connectivity index (χ1) is 35.9. The Morgan fingerprint density at radius 2 is 1.63 bits per heavy atom. The average Bonchev–Trinajstić information content (AvgIpc) is 4.05. The predicted molar refractivity (Wildman–Crippen MR) is 277 cm³/mol. The Hall–Kier alpha value is -7.00. The van der Waals surface area contributed by atoms with Crippen LogP contribution in [0.2, 0.25) is 0 Å². The number of amides is 3. The van der Waals surface area contributed by atoms with Crippen molar-refractivity contribution < 1.29 is 59.7 Å². The number of benzene rings is 3. The quantitative estimate of drug-likeness (QED) is 0.0327. The Labute approximate surface area is 445 Å². The number of anilines is 2. The molecule has 76 heavy (non-hydrogen) atoms. The van der Waals surface area contributed by atoms with Crippen LogP contribution >= 0.6 is 23.6 Å². The van der Waals surface area contributed by atoms with Gasteiger partial charge >= 0.3 is 6.18 Å². The topological polar surface area (TPSA) is 179 Å². The van der Waals surface area contributed by atoms with Crippen LogP contribution in [0.25, 0.3) is 21.7 Å². The van der Waals surface area contributed by atoms with Gasteiger partial charge in [0.1, 0.15) is 42.8 Å². The van der Waals surface area contributed by atoms with Crippen molar-refractivity contribution in [2.24, 2.45) is 5.41 Å². The zero-order valence-corrected chi connectivity index (χ0v) is 44.3. The molecule has 0 aliphatic carbocycles. The molecule has 0 spiro atoms. The summed E-state index contributed by atoms with van der Waals surface area (Å²) in [6, 6.07) is 13.7. The van der Waals surface area contributed by atoms with E-state index in [9.17, 15) is 37.6 Å². The molecular formula is C53H56F6N8O7S2. The van der Waals surface area contributed by atoms with Gasteiger partial charge in [0.25, 0.3) is 0 Å². The molecule has 3 heterocycles. The van der Waals surface area contributed by atoms with E-state index in [1.165, 1.54) is 36.9 Å². The number of halogens is 6. The number of hydrogen-bond acceptors (Lipinski definition) is 12. The summed E-state index contributed by atoms with van der Waals surface area (Å²) < 4.78 is 104. The van der Waals surface area contributed by atoms with Crippen LogP contribution < -0.4 is 25.2 Å². The van der Waals surface area contributed by atoms with Gasteiger partial charge < -0.3 is 44.3 Å². The van der Waals surface area contributed by atoms with Crippen molar-refractivity contribution in [3.05, 3.63) is 112 Å². The number of ether oxygens (including phenoxy) is 3. The zero-order chi connectivity index (χ0) is 55.7. The molecule has 1 aliphatic heterocycles. The minimum absolute atomic E-state index is 0.00465. The van der Waals surface area contributed by atoms with Crippen molar-refractivity contribution in [1.82, 2.24) is 25.5 Å². The number of likely N-dealkylation sites (tertiary alicyclic amines) is 1. The Morgan fingerprint density at radius 1 is 0.947 bits per heavy atom. The van der Waals surface area contributed by atoms with Crippen molar-refractivity contribution in [2.75, 3.05) is 56.4 Å². The zero-order valence-electron chi connectivity index (χ0n) is 42.6. The molecule has 0 radical (unpaired) electrons. The number of thiocarbonyl (C=S) groups is 1. The summed E-state index contributed by atoms with van der Waals surface area (Å²) in [7, 11) is 1.13. The van der Waals surface area contributed by atoms with E-state index in [1.54, 1.807) is 16.8 Å². The van der Waals surface area contributed by atoms with Gasteiger partial charge in [-0.1, -0.05) is 45.0 Å². The molecule has 2 unspecified atom stereocenters. The van der Waals surface area contributed by atoms with E-state index in [2.05, 4.69) is 20.6 Å². The predicted octanol–water partition coefficient (Wildman–Crippen LogP) is 8.94. The van der Waals surface area contributed by atoms with Gasteiger partial charge in [-0.25, -0.2) is 18.2 Å². The third kappa shape index (κ3) is 13.9. The third-order valence-electron chi connectivity index (χ3n) is 12.3. The number of nitrogens with zero attached hydrogens (tertiary/aromatic N) is 6. The molecule has 2 N–H and O–H groups in total. The van der Waals surface area contributed by atoms with Gasteiger partial charge in [-0.15, -0.1) is 11.3 Å². The largest absolute Gasteiger partial charge is 0.488 e. The van der Waals surface area contributed by atoms with E-state index in [4.69, 9.17) is 26.4 Å². The van der Waals surface area contributed by atoms with Crippen LogP contribution in [0.5, 0.6) is 5.75 Å². The van der Waals surface area contributed by atoms with Crippen LogP contribution in [-0.2, 0) is 41.4 Å². The van der Waals surface area contributed by atoms with Crippen molar-refractivity contribution in [1.29, 1.82) is 5.26 Å². The normalized spacial score (nSPS) is 14.2. The van der Waals surface area contributed by atoms with Gasteiger partial charge in [-0.2, -0.15) is 18.4 Å². The third-order valence-corrected chi connectivity index (χ3v) is 13.7. The highest BCUT2D eigenvalue weighted by Gasteiger charge is 2.43. The lowest BCUT2D eigenvalue weighted by atomic mass is 9.85. The lowest BCUT2D eigenvalue weighted by molar-refractivity contribution is -0.144.